The van der Waals surface area contributed by atoms with E-state index < -0.39 is 12.8 Å². The van der Waals surface area contributed by atoms with Gasteiger partial charge in [-0.2, -0.15) is 13.2 Å². The molecule has 118 valence electrons. The molecule has 8 heteroatoms. The van der Waals surface area contributed by atoms with Crippen molar-refractivity contribution in [1.29, 1.82) is 0 Å². The highest BCUT2D eigenvalue weighted by molar-refractivity contribution is 7.99. The molecular weight excluding hydrogens is 327 g/mol. The molecule has 1 aromatic carbocycles. The molecule has 0 saturated carbocycles. The van der Waals surface area contributed by atoms with E-state index in [1.54, 1.807) is 12.1 Å². The first kappa shape index (κ1) is 18.1. The van der Waals surface area contributed by atoms with Crippen LogP contribution in [0, 0.1) is 0 Å². The summed E-state index contributed by atoms with van der Waals surface area (Å²) in [5.41, 5.74) is 1.05. The molecule has 0 bridgehead atoms. The minimum absolute atomic E-state index is 0.0659. The highest BCUT2D eigenvalue weighted by Crippen LogP contribution is 2.15. The summed E-state index contributed by atoms with van der Waals surface area (Å²) in [4.78, 5) is 11.4. The van der Waals surface area contributed by atoms with Crippen molar-refractivity contribution in [2.45, 2.75) is 11.9 Å². The lowest BCUT2D eigenvalue weighted by atomic mass is 10.2. The number of thioether (sulfide) groups is 1. The molecule has 0 aromatic heterocycles. The molecule has 0 heterocycles. The molecular formula is C13H15ClF3NO2S. The number of carbonyl (C=O) groups excluding carboxylic acids is 1. The molecule has 1 rings (SSSR count). The van der Waals surface area contributed by atoms with Gasteiger partial charge in [0.25, 0.3) is 0 Å². The van der Waals surface area contributed by atoms with Crippen LogP contribution in [0.15, 0.2) is 24.3 Å². The second-order valence-electron chi connectivity index (χ2n) is 4.14. The molecule has 1 N–H and O–H groups in total. The third-order valence-corrected chi connectivity index (χ3v) is 3.51. The van der Waals surface area contributed by atoms with Crippen LogP contribution in [0.25, 0.3) is 0 Å². The number of hydrogen-bond acceptors (Lipinski definition) is 3. The average molecular weight is 342 g/mol. The molecule has 0 saturated heterocycles. The van der Waals surface area contributed by atoms with Crippen molar-refractivity contribution in [3.63, 3.8) is 0 Å². The summed E-state index contributed by atoms with van der Waals surface area (Å²) in [6, 6.07) is 7.29. The summed E-state index contributed by atoms with van der Waals surface area (Å²) in [5, 5.41) is 3.14. The van der Waals surface area contributed by atoms with Crippen molar-refractivity contribution < 1.29 is 22.7 Å². The van der Waals surface area contributed by atoms with E-state index in [2.05, 4.69) is 10.1 Å². The van der Waals surface area contributed by atoms with E-state index in [0.29, 0.717) is 10.8 Å². The maximum absolute atomic E-state index is 11.8. The Morgan fingerprint density at radius 3 is 2.57 bits per heavy atom. The van der Waals surface area contributed by atoms with E-state index in [0.717, 1.165) is 5.56 Å². The Morgan fingerprint density at radius 2 is 1.95 bits per heavy atom. The van der Waals surface area contributed by atoms with Gasteiger partial charge in [0.1, 0.15) is 6.61 Å². The molecule has 0 spiro atoms. The highest BCUT2D eigenvalue weighted by atomic mass is 35.5. The number of ether oxygens (including phenoxy) is 1. The smallest absolute Gasteiger partial charge is 0.370 e. The third kappa shape index (κ3) is 9.60. The SMILES string of the molecule is O=C(CSCc1ccc(Cl)cc1)NCCOCC(F)(F)F. The molecule has 3 nitrogen and oxygen atoms in total. The Balaban J connectivity index is 2.05. The van der Waals surface area contributed by atoms with E-state index in [4.69, 9.17) is 11.6 Å². The summed E-state index contributed by atoms with van der Waals surface area (Å²) < 4.78 is 39.7. The molecule has 0 atom stereocenters. The van der Waals surface area contributed by atoms with Gasteiger partial charge in [-0.15, -0.1) is 11.8 Å². The van der Waals surface area contributed by atoms with E-state index in [9.17, 15) is 18.0 Å². The van der Waals surface area contributed by atoms with Gasteiger partial charge >= 0.3 is 6.18 Å². The zero-order valence-corrected chi connectivity index (χ0v) is 12.7. The summed E-state index contributed by atoms with van der Waals surface area (Å²) in [6.45, 7) is -1.39. The lowest BCUT2D eigenvalue weighted by Crippen LogP contribution is -2.30. The predicted octanol–water partition coefficient (Wildman–Crippen LogP) is 3.27. The molecule has 1 amide bonds. The summed E-state index contributed by atoms with van der Waals surface area (Å²) in [7, 11) is 0. The van der Waals surface area contributed by atoms with Gasteiger partial charge in [-0.05, 0) is 17.7 Å². The van der Waals surface area contributed by atoms with Crippen LogP contribution in [-0.2, 0) is 15.3 Å². The van der Waals surface area contributed by atoms with Gasteiger partial charge in [0.15, 0.2) is 0 Å². The number of rotatable bonds is 8. The van der Waals surface area contributed by atoms with Crippen LogP contribution in [0.3, 0.4) is 0 Å². The molecule has 21 heavy (non-hydrogen) atoms. The fraction of sp³-hybridized carbons (Fsp3) is 0.462. The van der Waals surface area contributed by atoms with Crippen molar-refractivity contribution >= 4 is 29.3 Å². The number of halogens is 4. The number of carbonyl (C=O) groups is 1. The quantitative estimate of drug-likeness (QED) is 0.738. The van der Waals surface area contributed by atoms with Crippen LogP contribution in [0.4, 0.5) is 13.2 Å². The van der Waals surface area contributed by atoms with Crippen LogP contribution >= 0.6 is 23.4 Å². The summed E-state index contributed by atoms with van der Waals surface area (Å²) in [5.74, 6) is 0.668. The maximum Gasteiger partial charge on any atom is 0.411 e. The molecule has 0 aliphatic rings. The lowest BCUT2D eigenvalue weighted by Gasteiger charge is -2.08. The van der Waals surface area contributed by atoms with Crippen molar-refractivity contribution in [2.24, 2.45) is 0 Å². The Kier molecular flexibility index (Phi) is 7.92. The average Bonchev–Trinajstić information content (AvgIpc) is 2.39. The zero-order valence-electron chi connectivity index (χ0n) is 11.1. The first-order valence-electron chi connectivity index (χ1n) is 6.10. The number of benzene rings is 1. The maximum atomic E-state index is 11.8. The minimum atomic E-state index is -4.33. The molecule has 0 radical (unpaired) electrons. The van der Waals surface area contributed by atoms with Crippen molar-refractivity contribution in [3.05, 3.63) is 34.9 Å². The van der Waals surface area contributed by atoms with Gasteiger partial charge in [-0.1, -0.05) is 23.7 Å². The Bertz CT molecular complexity index is 440. The monoisotopic (exact) mass is 341 g/mol. The Morgan fingerprint density at radius 1 is 1.29 bits per heavy atom. The molecule has 0 fully saturated rings. The van der Waals surface area contributed by atoms with Gasteiger partial charge in [-0.3, -0.25) is 4.79 Å². The van der Waals surface area contributed by atoms with Crippen molar-refractivity contribution in [3.8, 4) is 0 Å². The number of nitrogens with one attached hydrogen (secondary N) is 1. The molecule has 1 aromatic rings. The first-order chi connectivity index (χ1) is 9.87. The standard InChI is InChI=1S/C13H15ClF3NO2S/c14-11-3-1-10(2-4-11)7-21-8-12(19)18-5-6-20-9-13(15,16)17/h1-4H,5-9H2,(H,18,19). The minimum Gasteiger partial charge on any atom is -0.370 e. The molecule has 0 aliphatic heterocycles. The van der Waals surface area contributed by atoms with Crippen LogP contribution in [-0.4, -0.2) is 37.6 Å². The van der Waals surface area contributed by atoms with E-state index in [1.165, 1.54) is 11.8 Å². The van der Waals surface area contributed by atoms with Crippen LogP contribution < -0.4 is 5.32 Å². The fourth-order valence-corrected chi connectivity index (χ4v) is 2.29. The number of alkyl halides is 3. The van der Waals surface area contributed by atoms with E-state index in [-0.39, 0.29) is 24.8 Å². The van der Waals surface area contributed by atoms with Crippen LogP contribution in [0.5, 0.6) is 0 Å². The molecule has 0 unspecified atom stereocenters. The third-order valence-electron chi connectivity index (χ3n) is 2.25. The summed E-state index contributed by atoms with van der Waals surface area (Å²) >= 11 is 7.17. The molecule has 0 aliphatic carbocycles. The first-order valence-corrected chi connectivity index (χ1v) is 7.63. The van der Waals surface area contributed by atoms with Crippen molar-refractivity contribution in [2.75, 3.05) is 25.5 Å². The van der Waals surface area contributed by atoms with Gasteiger partial charge in [0, 0.05) is 17.3 Å². The largest absolute Gasteiger partial charge is 0.411 e. The van der Waals surface area contributed by atoms with Crippen LogP contribution in [0.2, 0.25) is 5.02 Å². The van der Waals surface area contributed by atoms with E-state index >= 15 is 0 Å². The summed E-state index contributed by atoms with van der Waals surface area (Å²) in [6.07, 6.45) is -4.33. The van der Waals surface area contributed by atoms with Gasteiger partial charge in [0.2, 0.25) is 5.91 Å². The fourth-order valence-electron chi connectivity index (χ4n) is 1.34. The number of amides is 1. The van der Waals surface area contributed by atoms with Crippen LogP contribution in [0.1, 0.15) is 5.56 Å². The lowest BCUT2D eigenvalue weighted by molar-refractivity contribution is -0.173. The number of hydrogen-bond donors (Lipinski definition) is 1. The zero-order chi connectivity index (χ0) is 15.7. The second-order valence-corrected chi connectivity index (χ2v) is 5.56. The Hall–Kier alpha value is -0.920. The van der Waals surface area contributed by atoms with E-state index in [1.807, 2.05) is 12.1 Å². The normalized spacial score (nSPS) is 11.4. The Labute approximate surface area is 130 Å². The highest BCUT2D eigenvalue weighted by Gasteiger charge is 2.27. The topological polar surface area (TPSA) is 38.3 Å². The van der Waals surface area contributed by atoms with Crippen molar-refractivity contribution in [1.82, 2.24) is 5.32 Å². The predicted molar refractivity (Wildman–Crippen MR) is 77.5 cm³/mol. The van der Waals surface area contributed by atoms with Gasteiger partial charge < -0.3 is 10.1 Å². The van der Waals surface area contributed by atoms with Gasteiger partial charge in [-0.25, -0.2) is 0 Å². The second kappa shape index (κ2) is 9.17. The van der Waals surface area contributed by atoms with Gasteiger partial charge in [0.05, 0.1) is 12.4 Å².